The molecule has 2 heterocycles. The predicted octanol–water partition coefficient (Wildman–Crippen LogP) is 0.869. The number of carbonyl (C=O) groups excluding carboxylic acids is 1. The third-order valence-corrected chi connectivity index (χ3v) is 3.89. The van der Waals surface area contributed by atoms with Crippen LogP contribution in [0.1, 0.15) is 27.2 Å². The first-order valence-electron chi connectivity index (χ1n) is 6.64. The minimum absolute atomic E-state index is 0.141. The molecule has 2 atom stereocenters. The number of hydrogen-bond donors (Lipinski definition) is 1. The third-order valence-electron chi connectivity index (χ3n) is 3.89. The van der Waals surface area contributed by atoms with Gasteiger partial charge in [0, 0.05) is 25.6 Å². The van der Waals surface area contributed by atoms with E-state index in [-0.39, 0.29) is 18.1 Å². The highest BCUT2D eigenvalue weighted by atomic mass is 16.5. The van der Waals surface area contributed by atoms with E-state index in [2.05, 4.69) is 26.1 Å². The molecule has 2 unspecified atom stereocenters. The molecule has 17 heavy (non-hydrogen) atoms. The first kappa shape index (κ1) is 12.8. The van der Waals surface area contributed by atoms with E-state index in [1.54, 1.807) is 0 Å². The summed E-state index contributed by atoms with van der Waals surface area (Å²) < 4.78 is 5.84. The minimum atomic E-state index is -0.160. The van der Waals surface area contributed by atoms with Crippen LogP contribution in [-0.4, -0.2) is 49.2 Å². The van der Waals surface area contributed by atoms with Gasteiger partial charge in [0.25, 0.3) is 0 Å². The SMILES string of the molecule is CC(C)CN1CC(C)(C2CCNC2)OCC1=O. The molecule has 2 aliphatic heterocycles. The van der Waals surface area contributed by atoms with Crippen LogP contribution in [0.3, 0.4) is 0 Å². The largest absolute Gasteiger partial charge is 0.363 e. The molecular formula is C13H24N2O2. The monoisotopic (exact) mass is 240 g/mol. The Kier molecular flexibility index (Phi) is 3.73. The van der Waals surface area contributed by atoms with Crippen LogP contribution in [0, 0.1) is 11.8 Å². The van der Waals surface area contributed by atoms with Gasteiger partial charge in [-0.3, -0.25) is 4.79 Å². The molecule has 0 aromatic carbocycles. The van der Waals surface area contributed by atoms with Crippen molar-refractivity contribution < 1.29 is 9.53 Å². The summed E-state index contributed by atoms with van der Waals surface area (Å²) >= 11 is 0. The molecular weight excluding hydrogens is 216 g/mol. The first-order valence-corrected chi connectivity index (χ1v) is 6.64. The molecule has 0 aliphatic carbocycles. The van der Waals surface area contributed by atoms with E-state index < -0.39 is 0 Å². The maximum Gasteiger partial charge on any atom is 0.248 e. The number of rotatable bonds is 3. The number of morpholine rings is 1. The fourth-order valence-corrected chi connectivity index (χ4v) is 2.86. The summed E-state index contributed by atoms with van der Waals surface area (Å²) in [4.78, 5) is 13.8. The van der Waals surface area contributed by atoms with E-state index in [4.69, 9.17) is 4.74 Å². The molecule has 2 rings (SSSR count). The van der Waals surface area contributed by atoms with Gasteiger partial charge in [-0.1, -0.05) is 13.8 Å². The predicted molar refractivity (Wildman–Crippen MR) is 66.8 cm³/mol. The van der Waals surface area contributed by atoms with Crippen molar-refractivity contribution in [3.63, 3.8) is 0 Å². The zero-order valence-corrected chi connectivity index (χ0v) is 11.2. The fraction of sp³-hybridized carbons (Fsp3) is 0.923. The molecule has 2 saturated heterocycles. The fourth-order valence-electron chi connectivity index (χ4n) is 2.86. The van der Waals surface area contributed by atoms with Crippen molar-refractivity contribution in [2.75, 3.05) is 32.8 Å². The average Bonchev–Trinajstić information content (AvgIpc) is 2.77. The number of amides is 1. The van der Waals surface area contributed by atoms with Crippen LogP contribution < -0.4 is 5.32 Å². The number of hydrogen-bond acceptors (Lipinski definition) is 3. The molecule has 0 saturated carbocycles. The van der Waals surface area contributed by atoms with Gasteiger partial charge < -0.3 is 15.0 Å². The van der Waals surface area contributed by atoms with E-state index in [1.165, 1.54) is 0 Å². The molecule has 1 N–H and O–H groups in total. The van der Waals surface area contributed by atoms with Gasteiger partial charge in [-0.15, -0.1) is 0 Å². The molecule has 4 heteroatoms. The van der Waals surface area contributed by atoms with Gasteiger partial charge in [-0.05, 0) is 25.8 Å². The molecule has 0 aromatic rings. The maximum absolute atomic E-state index is 11.8. The van der Waals surface area contributed by atoms with Crippen molar-refractivity contribution in [3.05, 3.63) is 0 Å². The van der Waals surface area contributed by atoms with E-state index in [1.807, 2.05) is 4.90 Å². The molecule has 4 nitrogen and oxygen atoms in total. The lowest BCUT2D eigenvalue weighted by Crippen LogP contribution is -2.57. The van der Waals surface area contributed by atoms with Crippen molar-refractivity contribution in [1.82, 2.24) is 10.2 Å². The zero-order chi connectivity index (χ0) is 12.5. The van der Waals surface area contributed by atoms with Gasteiger partial charge in [0.15, 0.2) is 0 Å². The molecule has 0 aromatic heterocycles. The summed E-state index contributed by atoms with van der Waals surface area (Å²) in [5, 5.41) is 3.38. The Labute approximate surface area is 104 Å². The second kappa shape index (κ2) is 4.94. The lowest BCUT2D eigenvalue weighted by atomic mass is 9.86. The Morgan fingerprint density at radius 3 is 2.94 bits per heavy atom. The highest BCUT2D eigenvalue weighted by Gasteiger charge is 2.43. The Bertz CT molecular complexity index is 287. The smallest absolute Gasteiger partial charge is 0.248 e. The summed E-state index contributed by atoms with van der Waals surface area (Å²) in [6.45, 7) is 10.4. The number of ether oxygens (including phenoxy) is 1. The van der Waals surface area contributed by atoms with Gasteiger partial charge in [-0.2, -0.15) is 0 Å². The van der Waals surface area contributed by atoms with Crippen LogP contribution in [0.5, 0.6) is 0 Å². The lowest BCUT2D eigenvalue weighted by molar-refractivity contribution is -0.169. The van der Waals surface area contributed by atoms with Gasteiger partial charge >= 0.3 is 0 Å². The Hall–Kier alpha value is -0.610. The maximum atomic E-state index is 11.8. The number of nitrogens with one attached hydrogen (secondary N) is 1. The second-order valence-electron chi connectivity index (χ2n) is 5.96. The quantitative estimate of drug-likeness (QED) is 0.796. The van der Waals surface area contributed by atoms with Gasteiger partial charge in [-0.25, -0.2) is 0 Å². The summed E-state index contributed by atoms with van der Waals surface area (Å²) in [6, 6.07) is 0. The molecule has 2 aliphatic rings. The van der Waals surface area contributed by atoms with Crippen molar-refractivity contribution >= 4 is 5.91 Å². The van der Waals surface area contributed by atoms with Crippen LogP contribution in [0.25, 0.3) is 0 Å². The molecule has 98 valence electrons. The van der Waals surface area contributed by atoms with E-state index in [0.29, 0.717) is 11.8 Å². The Morgan fingerprint density at radius 1 is 1.59 bits per heavy atom. The third kappa shape index (κ3) is 2.80. The normalized spacial score (nSPS) is 34.7. The van der Waals surface area contributed by atoms with Gasteiger partial charge in [0.2, 0.25) is 5.91 Å². The Balaban J connectivity index is 2.02. The molecule has 0 radical (unpaired) electrons. The summed E-state index contributed by atoms with van der Waals surface area (Å²) in [5.41, 5.74) is -0.160. The Morgan fingerprint density at radius 2 is 2.35 bits per heavy atom. The first-order chi connectivity index (χ1) is 8.01. The highest BCUT2D eigenvalue weighted by molar-refractivity contribution is 5.78. The van der Waals surface area contributed by atoms with Gasteiger partial charge in [0.05, 0.1) is 5.60 Å². The summed E-state index contributed by atoms with van der Waals surface area (Å²) in [6.07, 6.45) is 1.15. The van der Waals surface area contributed by atoms with Crippen molar-refractivity contribution in [2.45, 2.75) is 32.8 Å². The van der Waals surface area contributed by atoms with E-state index >= 15 is 0 Å². The van der Waals surface area contributed by atoms with Crippen LogP contribution in [-0.2, 0) is 9.53 Å². The van der Waals surface area contributed by atoms with Crippen molar-refractivity contribution in [2.24, 2.45) is 11.8 Å². The zero-order valence-electron chi connectivity index (χ0n) is 11.2. The summed E-state index contributed by atoms with van der Waals surface area (Å²) in [5.74, 6) is 1.19. The van der Waals surface area contributed by atoms with Gasteiger partial charge in [0.1, 0.15) is 6.61 Å². The second-order valence-corrected chi connectivity index (χ2v) is 5.96. The topological polar surface area (TPSA) is 41.6 Å². The van der Waals surface area contributed by atoms with Crippen LogP contribution >= 0.6 is 0 Å². The molecule has 0 bridgehead atoms. The van der Waals surface area contributed by atoms with E-state index in [0.717, 1.165) is 32.6 Å². The average molecular weight is 240 g/mol. The summed E-state index contributed by atoms with van der Waals surface area (Å²) in [7, 11) is 0. The molecule has 2 fully saturated rings. The number of carbonyl (C=O) groups is 1. The van der Waals surface area contributed by atoms with Crippen molar-refractivity contribution in [3.8, 4) is 0 Å². The molecule has 0 spiro atoms. The highest BCUT2D eigenvalue weighted by Crippen LogP contribution is 2.31. The van der Waals surface area contributed by atoms with Crippen LogP contribution in [0.2, 0.25) is 0 Å². The molecule has 1 amide bonds. The number of nitrogens with zero attached hydrogens (tertiary/aromatic N) is 1. The lowest BCUT2D eigenvalue weighted by Gasteiger charge is -2.44. The van der Waals surface area contributed by atoms with E-state index in [9.17, 15) is 4.79 Å². The van der Waals surface area contributed by atoms with Crippen LogP contribution in [0.15, 0.2) is 0 Å². The van der Waals surface area contributed by atoms with Crippen LogP contribution in [0.4, 0.5) is 0 Å². The minimum Gasteiger partial charge on any atom is -0.363 e. The standard InChI is InChI=1S/C13H24N2O2/c1-10(2)7-15-9-13(3,17-8-12(15)16)11-4-5-14-6-11/h10-11,14H,4-9H2,1-3H3. The van der Waals surface area contributed by atoms with Crippen molar-refractivity contribution in [1.29, 1.82) is 0 Å².